The van der Waals surface area contributed by atoms with Gasteiger partial charge < -0.3 is 0 Å². The van der Waals surface area contributed by atoms with Gasteiger partial charge in [-0.15, -0.1) is 0 Å². The molecule has 2 nitrogen and oxygen atoms in total. The van der Waals surface area contributed by atoms with Crippen LogP contribution in [0.15, 0.2) is 24.3 Å². The van der Waals surface area contributed by atoms with Gasteiger partial charge in [0, 0.05) is 11.6 Å². The van der Waals surface area contributed by atoms with E-state index >= 15 is 0 Å². The number of nitrogens with zero attached hydrogens (tertiary/aromatic N) is 2. The molecule has 18 heavy (non-hydrogen) atoms. The van der Waals surface area contributed by atoms with Gasteiger partial charge in [-0.25, -0.2) is 14.4 Å². The zero-order valence-electron chi connectivity index (χ0n) is 9.33. The molecule has 0 saturated heterocycles. The molecule has 1 aliphatic rings. The van der Waals surface area contributed by atoms with Crippen molar-refractivity contribution in [3.05, 3.63) is 46.0 Å². The fraction of sp³-hybridized carbons (Fsp3) is 0.231. The molecule has 1 fully saturated rings. The average molecular weight is 283 g/mol. The van der Waals surface area contributed by atoms with Gasteiger partial charge in [0.15, 0.2) is 11.6 Å². The summed E-state index contributed by atoms with van der Waals surface area (Å²) in [5.41, 5.74) is 1.16. The lowest BCUT2D eigenvalue weighted by atomic mass is 10.2. The van der Waals surface area contributed by atoms with E-state index < -0.39 is 5.82 Å². The average Bonchev–Trinajstić information content (AvgIpc) is 3.16. The summed E-state index contributed by atoms with van der Waals surface area (Å²) in [4.78, 5) is 8.45. The molecular formula is C13H9Cl2FN2. The molecule has 1 aromatic carbocycles. The van der Waals surface area contributed by atoms with Crippen molar-refractivity contribution < 1.29 is 4.39 Å². The molecule has 0 bridgehead atoms. The standard InChI is InChI=1S/C13H9Cl2FN2/c14-9-3-1-2-8(12(9)16)13-17-10(7-4-5-7)6-11(15)18-13/h1-3,6-7H,4-5H2. The van der Waals surface area contributed by atoms with E-state index in [4.69, 9.17) is 23.2 Å². The van der Waals surface area contributed by atoms with Gasteiger partial charge in [0.05, 0.1) is 10.6 Å². The third-order valence-electron chi connectivity index (χ3n) is 2.90. The van der Waals surface area contributed by atoms with Crippen molar-refractivity contribution in [1.29, 1.82) is 0 Å². The Kier molecular flexibility index (Phi) is 2.96. The van der Waals surface area contributed by atoms with Crippen LogP contribution in [0.5, 0.6) is 0 Å². The molecule has 0 radical (unpaired) electrons. The molecule has 3 rings (SSSR count). The van der Waals surface area contributed by atoms with Crippen molar-refractivity contribution >= 4 is 23.2 Å². The Labute approximate surface area is 114 Å². The lowest BCUT2D eigenvalue weighted by molar-refractivity contribution is 0.630. The minimum atomic E-state index is -0.511. The van der Waals surface area contributed by atoms with Crippen molar-refractivity contribution in [3.63, 3.8) is 0 Å². The number of hydrogen-bond donors (Lipinski definition) is 0. The first-order valence-electron chi connectivity index (χ1n) is 5.64. The van der Waals surface area contributed by atoms with E-state index in [2.05, 4.69) is 9.97 Å². The Balaban J connectivity index is 2.13. The lowest BCUT2D eigenvalue weighted by Crippen LogP contribution is -1.97. The van der Waals surface area contributed by atoms with Gasteiger partial charge in [-0.1, -0.05) is 29.3 Å². The van der Waals surface area contributed by atoms with Crippen molar-refractivity contribution in [2.45, 2.75) is 18.8 Å². The second-order valence-electron chi connectivity index (χ2n) is 4.31. The molecular weight excluding hydrogens is 274 g/mol. The van der Waals surface area contributed by atoms with Gasteiger partial charge in [-0.05, 0) is 31.0 Å². The summed E-state index contributed by atoms with van der Waals surface area (Å²) >= 11 is 11.7. The van der Waals surface area contributed by atoms with Crippen LogP contribution in [0.25, 0.3) is 11.4 Å². The Morgan fingerprint density at radius 3 is 2.67 bits per heavy atom. The first kappa shape index (κ1) is 11.9. The van der Waals surface area contributed by atoms with Crippen LogP contribution in [0.2, 0.25) is 10.2 Å². The second-order valence-corrected chi connectivity index (χ2v) is 5.11. The smallest absolute Gasteiger partial charge is 0.164 e. The Morgan fingerprint density at radius 2 is 1.94 bits per heavy atom. The van der Waals surface area contributed by atoms with Gasteiger partial charge in [0.2, 0.25) is 0 Å². The molecule has 0 aliphatic heterocycles. The molecule has 1 saturated carbocycles. The Morgan fingerprint density at radius 1 is 1.17 bits per heavy atom. The molecule has 1 aromatic heterocycles. The van der Waals surface area contributed by atoms with Crippen LogP contribution >= 0.6 is 23.2 Å². The number of halogens is 3. The van der Waals surface area contributed by atoms with E-state index in [0.717, 1.165) is 18.5 Å². The highest BCUT2D eigenvalue weighted by Crippen LogP contribution is 2.40. The highest BCUT2D eigenvalue weighted by Gasteiger charge is 2.26. The zero-order chi connectivity index (χ0) is 12.7. The largest absolute Gasteiger partial charge is 0.233 e. The summed E-state index contributed by atoms with van der Waals surface area (Å²) in [6.07, 6.45) is 2.20. The number of benzene rings is 1. The van der Waals surface area contributed by atoms with Crippen molar-refractivity contribution in [3.8, 4) is 11.4 Å². The molecule has 1 aliphatic carbocycles. The van der Waals surface area contributed by atoms with Crippen LogP contribution in [0.4, 0.5) is 4.39 Å². The van der Waals surface area contributed by atoms with Crippen LogP contribution in [-0.4, -0.2) is 9.97 Å². The van der Waals surface area contributed by atoms with Gasteiger partial charge in [0.1, 0.15) is 5.15 Å². The maximum Gasteiger partial charge on any atom is 0.164 e. The summed E-state index contributed by atoms with van der Waals surface area (Å²) in [5.74, 6) is 0.221. The molecule has 0 spiro atoms. The SMILES string of the molecule is Fc1c(Cl)cccc1-c1nc(Cl)cc(C2CC2)n1. The van der Waals surface area contributed by atoms with Crippen LogP contribution in [0, 0.1) is 5.82 Å². The van der Waals surface area contributed by atoms with Crippen LogP contribution in [-0.2, 0) is 0 Å². The van der Waals surface area contributed by atoms with Crippen LogP contribution < -0.4 is 0 Å². The first-order chi connectivity index (χ1) is 8.65. The molecule has 1 heterocycles. The Bertz CT molecular complexity index is 612. The summed E-state index contributed by atoms with van der Waals surface area (Å²) in [5, 5.41) is 0.394. The van der Waals surface area contributed by atoms with E-state index in [1.54, 1.807) is 18.2 Å². The predicted octanol–water partition coefficient (Wildman–Crippen LogP) is 4.47. The topological polar surface area (TPSA) is 25.8 Å². The highest BCUT2D eigenvalue weighted by molar-refractivity contribution is 6.31. The maximum atomic E-state index is 13.9. The predicted molar refractivity (Wildman–Crippen MR) is 69.4 cm³/mol. The van der Waals surface area contributed by atoms with E-state index in [0.29, 0.717) is 16.9 Å². The number of hydrogen-bond acceptors (Lipinski definition) is 2. The monoisotopic (exact) mass is 282 g/mol. The highest BCUT2D eigenvalue weighted by atomic mass is 35.5. The van der Waals surface area contributed by atoms with E-state index in [1.165, 1.54) is 6.07 Å². The van der Waals surface area contributed by atoms with Gasteiger partial charge in [0.25, 0.3) is 0 Å². The number of aromatic nitrogens is 2. The molecule has 0 atom stereocenters. The van der Waals surface area contributed by atoms with Gasteiger partial charge in [-0.2, -0.15) is 0 Å². The molecule has 92 valence electrons. The van der Waals surface area contributed by atoms with Crippen molar-refractivity contribution in [2.75, 3.05) is 0 Å². The summed E-state index contributed by atoms with van der Waals surface area (Å²) < 4.78 is 13.9. The normalized spacial score (nSPS) is 14.8. The molecule has 0 amide bonds. The minimum absolute atomic E-state index is 0.0593. The maximum absolute atomic E-state index is 13.9. The van der Waals surface area contributed by atoms with E-state index in [9.17, 15) is 4.39 Å². The first-order valence-corrected chi connectivity index (χ1v) is 6.39. The Hall–Kier alpha value is -1.19. The number of rotatable bonds is 2. The van der Waals surface area contributed by atoms with Crippen LogP contribution in [0.1, 0.15) is 24.5 Å². The van der Waals surface area contributed by atoms with E-state index in [-0.39, 0.29) is 10.6 Å². The molecule has 0 N–H and O–H groups in total. The molecule has 0 unspecified atom stereocenters. The quantitative estimate of drug-likeness (QED) is 0.760. The van der Waals surface area contributed by atoms with Crippen LogP contribution in [0.3, 0.4) is 0 Å². The summed E-state index contributed by atoms with van der Waals surface area (Å²) in [6, 6.07) is 6.50. The summed E-state index contributed by atoms with van der Waals surface area (Å²) in [6.45, 7) is 0. The molecule has 2 aromatic rings. The van der Waals surface area contributed by atoms with Crippen molar-refractivity contribution in [1.82, 2.24) is 9.97 Å². The second kappa shape index (κ2) is 4.48. The van der Waals surface area contributed by atoms with Gasteiger partial charge >= 0.3 is 0 Å². The van der Waals surface area contributed by atoms with E-state index in [1.807, 2.05) is 0 Å². The zero-order valence-corrected chi connectivity index (χ0v) is 10.8. The summed E-state index contributed by atoms with van der Waals surface area (Å²) in [7, 11) is 0. The van der Waals surface area contributed by atoms with Crippen molar-refractivity contribution in [2.24, 2.45) is 0 Å². The fourth-order valence-corrected chi connectivity index (χ4v) is 2.19. The minimum Gasteiger partial charge on any atom is -0.233 e. The van der Waals surface area contributed by atoms with Gasteiger partial charge in [-0.3, -0.25) is 0 Å². The lowest BCUT2D eigenvalue weighted by Gasteiger charge is -2.06. The fourth-order valence-electron chi connectivity index (χ4n) is 1.82. The third kappa shape index (κ3) is 2.20. The third-order valence-corrected chi connectivity index (χ3v) is 3.39. The molecule has 5 heteroatoms.